The van der Waals surface area contributed by atoms with Gasteiger partial charge in [0.2, 0.25) is 0 Å². The third kappa shape index (κ3) is 1.92. The summed E-state index contributed by atoms with van der Waals surface area (Å²) >= 11 is 0. The van der Waals surface area contributed by atoms with Crippen LogP contribution in [0.15, 0.2) is 12.4 Å². The molecule has 0 aliphatic rings. The van der Waals surface area contributed by atoms with Crippen molar-refractivity contribution in [2.45, 2.75) is 19.9 Å². The van der Waals surface area contributed by atoms with E-state index in [1.807, 2.05) is 0 Å². The van der Waals surface area contributed by atoms with Gasteiger partial charge < -0.3 is 9.67 Å². The largest absolute Gasteiger partial charge is 0.396 e. The van der Waals surface area contributed by atoms with Crippen LogP contribution in [0, 0.1) is 0 Å². The molecule has 4 nitrogen and oxygen atoms in total. The van der Waals surface area contributed by atoms with Crippen molar-refractivity contribution in [3.8, 4) is 0 Å². The minimum Gasteiger partial charge on any atom is -0.396 e. The van der Waals surface area contributed by atoms with Crippen molar-refractivity contribution in [2.24, 2.45) is 0 Å². The van der Waals surface area contributed by atoms with E-state index in [4.69, 9.17) is 5.11 Å². The molecule has 0 aliphatic carbocycles. The van der Waals surface area contributed by atoms with E-state index >= 15 is 0 Å². The molecule has 0 aliphatic heterocycles. The molecule has 1 heterocycles. The summed E-state index contributed by atoms with van der Waals surface area (Å²) in [5, 5.41) is 8.58. The van der Waals surface area contributed by atoms with Gasteiger partial charge in [0.1, 0.15) is 0 Å². The Hall–Kier alpha value is -1.16. The molecule has 0 radical (unpaired) electrons. The summed E-state index contributed by atoms with van der Waals surface area (Å²) < 4.78 is 1.75. The molecule has 1 rings (SSSR count). The van der Waals surface area contributed by atoms with Crippen molar-refractivity contribution in [1.82, 2.24) is 9.55 Å². The molecule has 0 unspecified atom stereocenters. The van der Waals surface area contributed by atoms with Crippen molar-refractivity contribution in [1.29, 1.82) is 0 Å². The van der Waals surface area contributed by atoms with Crippen molar-refractivity contribution in [3.63, 3.8) is 0 Å². The van der Waals surface area contributed by atoms with Gasteiger partial charge in [-0.25, -0.2) is 4.98 Å². The quantitative estimate of drug-likeness (QED) is 0.665. The maximum atomic E-state index is 10.9. The Morgan fingerprint density at radius 3 is 3.08 bits per heavy atom. The van der Waals surface area contributed by atoms with Crippen LogP contribution in [0.5, 0.6) is 0 Å². The van der Waals surface area contributed by atoms with Gasteiger partial charge in [-0.1, -0.05) is 0 Å². The monoisotopic (exact) mass is 168 g/mol. The molecular weight excluding hydrogens is 156 g/mol. The highest BCUT2D eigenvalue weighted by molar-refractivity contribution is 5.90. The normalized spacial score (nSPS) is 10.2. The first-order valence-corrected chi connectivity index (χ1v) is 3.88. The van der Waals surface area contributed by atoms with Crippen LogP contribution in [0.2, 0.25) is 0 Å². The highest BCUT2D eigenvalue weighted by Crippen LogP contribution is 1.99. The molecule has 1 aromatic heterocycles. The SMILES string of the molecule is CC(=O)c1nccn1CCCO. The molecular formula is C8H12N2O2. The van der Waals surface area contributed by atoms with Crippen molar-refractivity contribution in [3.05, 3.63) is 18.2 Å². The number of aryl methyl sites for hydroxylation is 1. The fourth-order valence-corrected chi connectivity index (χ4v) is 1.04. The second-order valence-electron chi connectivity index (χ2n) is 2.58. The lowest BCUT2D eigenvalue weighted by molar-refractivity contribution is 0.0998. The van der Waals surface area contributed by atoms with E-state index in [9.17, 15) is 4.79 Å². The van der Waals surface area contributed by atoms with Gasteiger partial charge in [-0.2, -0.15) is 0 Å². The number of aliphatic hydroxyl groups is 1. The van der Waals surface area contributed by atoms with Gasteiger partial charge in [0.05, 0.1) is 0 Å². The molecule has 66 valence electrons. The fraction of sp³-hybridized carbons (Fsp3) is 0.500. The number of aromatic nitrogens is 2. The van der Waals surface area contributed by atoms with E-state index in [2.05, 4.69) is 4.98 Å². The second kappa shape index (κ2) is 4.01. The van der Waals surface area contributed by atoms with Crippen LogP contribution < -0.4 is 0 Å². The number of ketones is 1. The Morgan fingerprint density at radius 2 is 2.50 bits per heavy atom. The highest BCUT2D eigenvalue weighted by Gasteiger charge is 2.05. The van der Waals surface area contributed by atoms with Crippen LogP contribution in [0.25, 0.3) is 0 Å². The number of nitrogens with zero attached hydrogens (tertiary/aromatic N) is 2. The van der Waals surface area contributed by atoms with Gasteiger partial charge in [-0.3, -0.25) is 4.79 Å². The molecule has 0 bridgehead atoms. The molecule has 0 saturated carbocycles. The second-order valence-corrected chi connectivity index (χ2v) is 2.58. The minimum atomic E-state index is -0.0436. The van der Waals surface area contributed by atoms with Crippen LogP contribution in [0.3, 0.4) is 0 Å². The smallest absolute Gasteiger partial charge is 0.195 e. The van der Waals surface area contributed by atoms with Crippen molar-refractivity contribution in [2.75, 3.05) is 6.61 Å². The molecule has 12 heavy (non-hydrogen) atoms. The average molecular weight is 168 g/mol. The molecule has 0 fully saturated rings. The van der Waals surface area contributed by atoms with Crippen LogP contribution >= 0.6 is 0 Å². The number of carbonyl (C=O) groups excluding carboxylic acids is 1. The summed E-state index contributed by atoms with van der Waals surface area (Å²) in [4.78, 5) is 14.8. The van der Waals surface area contributed by atoms with Crippen molar-refractivity contribution < 1.29 is 9.90 Å². The van der Waals surface area contributed by atoms with Crippen LogP contribution in [0.4, 0.5) is 0 Å². The number of rotatable bonds is 4. The lowest BCUT2D eigenvalue weighted by atomic mass is 10.4. The zero-order chi connectivity index (χ0) is 8.97. The predicted octanol–water partition coefficient (Wildman–Crippen LogP) is 0.468. The van der Waals surface area contributed by atoms with Gasteiger partial charge in [0, 0.05) is 32.5 Å². The van der Waals surface area contributed by atoms with E-state index in [1.54, 1.807) is 17.0 Å². The summed E-state index contributed by atoms with van der Waals surface area (Å²) in [5.41, 5.74) is 0. The van der Waals surface area contributed by atoms with Crippen LogP contribution in [0.1, 0.15) is 24.0 Å². The van der Waals surface area contributed by atoms with Crippen LogP contribution in [-0.4, -0.2) is 27.0 Å². The Kier molecular flexibility index (Phi) is 2.99. The number of Topliss-reactive ketones (excluding diaryl/α,β-unsaturated/α-hetero) is 1. The third-order valence-electron chi connectivity index (χ3n) is 1.59. The third-order valence-corrected chi connectivity index (χ3v) is 1.59. The first-order chi connectivity index (χ1) is 5.75. The maximum absolute atomic E-state index is 10.9. The summed E-state index contributed by atoms with van der Waals surface area (Å²) in [6, 6.07) is 0. The lowest BCUT2D eigenvalue weighted by Crippen LogP contribution is -2.08. The molecule has 4 heteroatoms. The topological polar surface area (TPSA) is 55.1 Å². The Balaban J connectivity index is 2.70. The van der Waals surface area contributed by atoms with E-state index in [-0.39, 0.29) is 12.4 Å². The number of hydrogen-bond acceptors (Lipinski definition) is 3. The fourth-order valence-electron chi connectivity index (χ4n) is 1.04. The van der Waals surface area contributed by atoms with Gasteiger partial charge in [-0.05, 0) is 6.42 Å². The number of hydrogen-bond donors (Lipinski definition) is 1. The predicted molar refractivity (Wildman–Crippen MR) is 43.9 cm³/mol. The van der Waals surface area contributed by atoms with E-state index in [0.717, 1.165) is 0 Å². The summed E-state index contributed by atoms with van der Waals surface area (Å²) in [5.74, 6) is 0.418. The standard InChI is InChI=1S/C8H12N2O2/c1-7(12)8-9-3-5-10(8)4-2-6-11/h3,5,11H,2,4,6H2,1H3. The highest BCUT2D eigenvalue weighted by atomic mass is 16.3. The lowest BCUT2D eigenvalue weighted by Gasteiger charge is -2.02. The summed E-state index contributed by atoms with van der Waals surface area (Å²) in [6.07, 6.45) is 3.98. The average Bonchev–Trinajstić information content (AvgIpc) is 2.48. The molecule has 1 N–H and O–H groups in total. The Labute approximate surface area is 70.9 Å². The van der Waals surface area contributed by atoms with Crippen LogP contribution in [-0.2, 0) is 6.54 Å². The molecule has 0 amide bonds. The number of aliphatic hydroxyl groups excluding tert-OH is 1. The van der Waals surface area contributed by atoms with Gasteiger partial charge in [0.15, 0.2) is 11.6 Å². The molecule has 1 aromatic rings. The zero-order valence-electron chi connectivity index (χ0n) is 7.03. The van der Waals surface area contributed by atoms with Crippen molar-refractivity contribution >= 4 is 5.78 Å². The molecule has 0 spiro atoms. The Bertz CT molecular complexity index is 268. The van der Waals surface area contributed by atoms with E-state index in [0.29, 0.717) is 18.8 Å². The van der Waals surface area contributed by atoms with Gasteiger partial charge in [0.25, 0.3) is 0 Å². The van der Waals surface area contributed by atoms with Gasteiger partial charge >= 0.3 is 0 Å². The summed E-state index contributed by atoms with van der Waals surface area (Å²) in [6.45, 7) is 2.26. The molecule has 0 saturated heterocycles. The number of carbonyl (C=O) groups is 1. The summed E-state index contributed by atoms with van der Waals surface area (Å²) in [7, 11) is 0. The first-order valence-electron chi connectivity index (χ1n) is 3.88. The van der Waals surface area contributed by atoms with Gasteiger partial charge in [-0.15, -0.1) is 0 Å². The maximum Gasteiger partial charge on any atom is 0.195 e. The molecule has 0 atom stereocenters. The first kappa shape index (κ1) is 8.93. The zero-order valence-corrected chi connectivity index (χ0v) is 7.03. The minimum absolute atomic E-state index is 0.0436. The number of imidazole rings is 1. The Morgan fingerprint density at radius 1 is 1.75 bits per heavy atom. The van der Waals surface area contributed by atoms with E-state index < -0.39 is 0 Å². The van der Waals surface area contributed by atoms with E-state index in [1.165, 1.54) is 6.92 Å². The molecule has 0 aromatic carbocycles.